The number of piperidine rings is 1. The fraction of sp³-hybridized carbons (Fsp3) is 0.550. The molecule has 0 amide bonds. The predicted molar refractivity (Wildman–Crippen MR) is 121 cm³/mol. The van der Waals surface area contributed by atoms with Crippen LogP contribution in [0.15, 0.2) is 24.0 Å². The van der Waals surface area contributed by atoms with Gasteiger partial charge in [0, 0.05) is 29.4 Å². The quantitative estimate of drug-likeness (QED) is 0.463. The third-order valence-corrected chi connectivity index (χ3v) is 7.90. The van der Waals surface area contributed by atoms with E-state index in [2.05, 4.69) is 4.90 Å². The first kappa shape index (κ1) is 24.9. The summed E-state index contributed by atoms with van der Waals surface area (Å²) in [6.07, 6.45) is 4.66. The number of Topliss-reactive ketones (excluding diaryl/α,β-unsaturated/α-hetero) is 1. The Morgan fingerprint density at radius 3 is 2.15 bits per heavy atom. The Bertz CT molecular complexity index is 1410. The van der Waals surface area contributed by atoms with E-state index in [-0.39, 0.29) is 29.7 Å². The van der Waals surface area contributed by atoms with E-state index in [1.165, 1.54) is 12.1 Å². The van der Waals surface area contributed by atoms with Crippen LogP contribution < -0.4 is 8.37 Å². The Morgan fingerprint density at radius 2 is 1.56 bits per heavy atom. The van der Waals surface area contributed by atoms with Crippen molar-refractivity contribution in [3.05, 3.63) is 35.1 Å². The van der Waals surface area contributed by atoms with Crippen molar-refractivity contribution in [3.8, 4) is 11.5 Å². The predicted octanol–water partition coefficient (Wildman–Crippen LogP) is 0.311. The molecule has 2 bridgehead atoms. The van der Waals surface area contributed by atoms with E-state index in [1.54, 1.807) is 6.07 Å². The second kappa shape index (κ2) is 7.93. The molecule has 1 aromatic carbocycles. The van der Waals surface area contributed by atoms with Crippen LogP contribution in [-0.2, 0) is 51.2 Å². The summed E-state index contributed by atoms with van der Waals surface area (Å²) in [6.45, 7) is 0.569. The highest BCUT2D eigenvalue weighted by Crippen LogP contribution is 2.58. The number of benzene rings is 1. The van der Waals surface area contributed by atoms with Gasteiger partial charge in [-0.2, -0.15) is 25.3 Å². The summed E-state index contributed by atoms with van der Waals surface area (Å²) in [4.78, 5) is 15.2. The van der Waals surface area contributed by atoms with Crippen LogP contribution >= 0.6 is 0 Å². The lowest BCUT2D eigenvalue weighted by Crippen LogP contribution is -2.60. The van der Waals surface area contributed by atoms with Gasteiger partial charge < -0.3 is 17.4 Å². The number of fused-ring (bicyclic) bond motifs is 1. The van der Waals surface area contributed by atoms with E-state index >= 15 is 0 Å². The summed E-state index contributed by atoms with van der Waals surface area (Å²) in [5, 5.41) is 0. The van der Waals surface area contributed by atoms with Crippen LogP contribution in [0.3, 0.4) is 0 Å². The molecule has 3 unspecified atom stereocenters. The maximum absolute atomic E-state index is 13.1. The molecule has 188 valence electrons. The number of likely N-dealkylation sites (tertiary alicyclic amines) is 1. The topological polar surface area (TPSA) is 150 Å². The zero-order chi connectivity index (χ0) is 25.3. The smallest absolute Gasteiger partial charge is 0.306 e. The number of ketones is 1. The summed E-state index contributed by atoms with van der Waals surface area (Å²) in [5.41, 5.74) is 0.112. The second-order valence-electron chi connectivity index (χ2n) is 9.10. The first-order chi connectivity index (χ1) is 15.5. The third kappa shape index (κ3) is 4.68. The zero-order valence-electron chi connectivity index (χ0n) is 19.0. The van der Waals surface area contributed by atoms with E-state index in [0.29, 0.717) is 30.5 Å². The fourth-order valence-electron chi connectivity index (χ4n) is 5.37. The molecule has 1 fully saturated rings. The number of rotatable bonds is 6. The van der Waals surface area contributed by atoms with Gasteiger partial charge in [-0.05, 0) is 44.1 Å². The molecule has 1 saturated heterocycles. The molecule has 11 nitrogen and oxygen atoms in total. The molecule has 0 radical (unpaired) electrons. The van der Waals surface area contributed by atoms with E-state index < -0.39 is 47.5 Å². The summed E-state index contributed by atoms with van der Waals surface area (Å²) in [5.74, 6) is -1.83. The minimum absolute atomic E-state index is 0.139. The molecule has 1 heterocycles. The summed E-state index contributed by atoms with van der Waals surface area (Å²) in [6, 6.07) is 2.85. The molecular weight excluding hydrogens is 510 g/mol. The lowest BCUT2D eigenvalue weighted by Gasteiger charge is -2.56. The molecular formula is C20H25NO10S3. The number of likely N-dealkylation sites (N-methyl/N-ethyl adjacent to an activating group) is 1. The van der Waals surface area contributed by atoms with Gasteiger partial charge in [0.25, 0.3) is 0 Å². The molecule has 2 aliphatic carbocycles. The molecule has 1 aliphatic heterocycles. The van der Waals surface area contributed by atoms with Gasteiger partial charge in [-0.1, -0.05) is 6.07 Å². The first-order valence-electron chi connectivity index (χ1n) is 10.3. The number of allylic oxidation sites excluding steroid dienone is 1. The van der Waals surface area contributed by atoms with Gasteiger partial charge in [0.15, 0.2) is 23.0 Å². The second-order valence-corrected chi connectivity index (χ2v) is 13.8. The monoisotopic (exact) mass is 535 g/mol. The highest BCUT2D eigenvalue weighted by Gasteiger charge is 2.57. The first-order valence-corrected chi connectivity index (χ1v) is 15.7. The van der Waals surface area contributed by atoms with Crippen LogP contribution in [0.4, 0.5) is 0 Å². The van der Waals surface area contributed by atoms with Crippen LogP contribution in [0.1, 0.15) is 24.0 Å². The third-order valence-electron chi connectivity index (χ3n) is 6.46. The number of carbonyl (C=O) groups is 1. The molecule has 1 aromatic rings. The normalized spacial score (nSPS) is 27.3. The number of hydrogen-bond donors (Lipinski definition) is 0. The molecule has 14 heteroatoms. The van der Waals surface area contributed by atoms with E-state index in [4.69, 9.17) is 12.5 Å². The van der Waals surface area contributed by atoms with Crippen LogP contribution in [0.5, 0.6) is 11.5 Å². The molecule has 34 heavy (non-hydrogen) atoms. The maximum Gasteiger partial charge on any atom is 0.306 e. The number of hydrogen-bond acceptors (Lipinski definition) is 11. The Morgan fingerprint density at radius 1 is 0.941 bits per heavy atom. The molecule has 4 rings (SSSR count). The molecule has 0 N–H and O–H groups in total. The average Bonchev–Trinajstić information content (AvgIpc) is 2.64. The van der Waals surface area contributed by atoms with Crippen molar-refractivity contribution in [2.75, 3.05) is 32.4 Å². The molecule has 0 spiro atoms. The maximum atomic E-state index is 13.1. The van der Waals surface area contributed by atoms with Crippen molar-refractivity contribution in [1.29, 1.82) is 0 Å². The van der Waals surface area contributed by atoms with Crippen molar-refractivity contribution in [1.82, 2.24) is 4.90 Å². The Kier molecular flexibility index (Phi) is 5.82. The molecule has 3 aliphatic rings. The average molecular weight is 536 g/mol. The van der Waals surface area contributed by atoms with Gasteiger partial charge in [-0.25, -0.2) is 0 Å². The molecule has 3 atom stereocenters. The van der Waals surface area contributed by atoms with Gasteiger partial charge >= 0.3 is 30.4 Å². The standard InChI is InChI=1S/C20H25NO10S3/c1-21-8-7-20-11-15(22)17(30-33(3,25)26)10-13(20)14(21)9-12-5-6-16(29-32(2,23)24)19(18(12)20)31-34(4,27)28/h5-6,10,13-14H,7-9,11H2,1-4H3. The minimum Gasteiger partial charge on any atom is -0.379 e. The highest BCUT2D eigenvalue weighted by molar-refractivity contribution is 7.86. The minimum atomic E-state index is -4.11. The van der Waals surface area contributed by atoms with Crippen LogP contribution in [0, 0.1) is 5.92 Å². The van der Waals surface area contributed by atoms with E-state index in [0.717, 1.165) is 18.8 Å². The van der Waals surface area contributed by atoms with Crippen molar-refractivity contribution in [2.45, 2.75) is 30.7 Å². The Labute approximate surface area is 199 Å². The van der Waals surface area contributed by atoms with E-state index in [1.807, 2.05) is 7.05 Å². The highest BCUT2D eigenvalue weighted by atomic mass is 32.2. The van der Waals surface area contributed by atoms with E-state index in [9.17, 15) is 30.0 Å². The lowest BCUT2D eigenvalue weighted by molar-refractivity contribution is -0.121. The summed E-state index contributed by atoms with van der Waals surface area (Å²) >= 11 is 0. The number of nitrogens with zero attached hydrogens (tertiary/aromatic N) is 1. The summed E-state index contributed by atoms with van der Waals surface area (Å²) in [7, 11) is -10.2. The Hall–Kier alpha value is -2.16. The van der Waals surface area contributed by atoms with Gasteiger partial charge in [-0.3, -0.25) is 4.79 Å². The van der Waals surface area contributed by atoms with Crippen LogP contribution in [0.2, 0.25) is 0 Å². The fourth-order valence-corrected chi connectivity index (χ4v) is 6.77. The van der Waals surface area contributed by atoms with Crippen molar-refractivity contribution < 1.29 is 42.6 Å². The largest absolute Gasteiger partial charge is 0.379 e. The van der Waals surface area contributed by atoms with Crippen molar-refractivity contribution in [2.24, 2.45) is 5.92 Å². The zero-order valence-corrected chi connectivity index (χ0v) is 21.4. The van der Waals surface area contributed by atoms with Crippen molar-refractivity contribution in [3.63, 3.8) is 0 Å². The Balaban J connectivity index is 1.99. The van der Waals surface area contributed by atoms with Gasteiger partial charge in [0.1, 0.15) is 0 Å². The van der Waals surface area contributed by atoms with Gasteiger partial charge in [0.05, 0.1) is 18.8 Å². The van der Waals surface area contributed by atoms with Crippen LogP contribution in [0.25, 0.3) is 0 Å². The SMILES string of the molecule is CN1CCC23CC(=O)C(OS(C)(=O)=O)=CC2C1Cc1ccc(OS(C)(=O)=O)c(OS(C)(=O)=O)c13. The molecule has 0 aromatic heterocycles. The molecule has 0 saturated carbocycles. The lowest BCUT2D eigenvalue weighted by atomic mass is 9.53. The summed E-state index contributed by atoms with van der Waals surface area (Å²) < 4.78 is 86.8. The number of carbonyl (C=O) groups excluding carboxylic acids is 1. The van der Waals surface area contributed by atoms with Crippen molar-refractivity contribution >= 4 is 36.1 Å². The van der Waals surface area contributed by atoms with Gasteiger partial charge in [-0.15, -0.1) is 0 Å². The van der Waals surface area contributed by atoms with Gasteiger partial charge in [0.2, 0.25) is 0 Å². The van der Waals surface area contributed by atoms with Crippen LogP contribution in [-0.4, -0.2) is 74.3 Å².